The van der Waals surface area contributed by atoms with E-state index in [4.69, 9.17) is 0 Å². The number of allylic oxidation sites excluding steroid dienone is 2. The van der Waals surface area contributed by atoms with Crippen molar-refractivity contribution >= 4 is 17.8 Å². The van der Waals surface area contributed by atoms with Gasteiger partial charge in [0.2, 0.25) is 0 Å². The first-order valence-electron chi connectivity index (χ1n) is 10.7. The first kappa shape index (κ1) is 19.4. The van der Waals surface area contributed by atoms with Crippen LogP contribution in [0.4, 0.5) is 5.69 Å². The van der Waals surface area contributed by atoms with E-state index in [2.05, 4.69) is 70.7 Å². The molecule has 0 N–H and O–H groups in total. The summed E-state index contributed by atoms with van der Waals surface area (Å²) in [4.78, 5) is 20.0. The van der Waals surface area contributed by atoms with Crippen molar-refractivity contribution < 1.29 is 4.92 Å². The third kappa shape index (κ3) is 4.17. The second-order valence-electron chi connectivity index (χ2n) is 8.15. The van der Waals surface area contributed by atoms with E-state index in [1.165, 1.54) is 39.6 Å². The molecule has 2 aliphatic carbocycles. The van der Waals surface area contributed by atoms with Crippen LogP contribution >= 0.6 is 0 Å². The van der Waals surface area contributed by atoms with Crippen LogP contribution in [0.15, 0.2) is 54.7 Å². The maximum Gasteiger partial charge on any atom is 0.308 e. The van der Waals surface area contributed by atoms with Gasteiger partial charge in [-0.25, -0.2) is 9.97 Å². The van der Waals surface area contributed by atoms with Crippen molar-refractivity contribution in [3.05, 3.63) is 110 Å². The molecule has 154 valence electrons. The van der Waals surface area contributed by atoms with Gasteiger partial charge < -0.3 is 0 Å². The molecule has 2 aromatic carbocycles. The monoisotopic (exact) mass is 409 g/mol. The van der Waals surface area contributed by atoms with Crippen LogP contribution in [0, 0.1) is 10.1 Å². The van der Waals surface area contributed by atoms with E-state index in [0.717, 1.165) is 25.7 Å². The Hall–Kier alpha value is -3.60. The lowest BCUT2D eigenvalue weighted by atomic mass is 10.0. The van der Waals surface area contributed by atoms with Crippen LogP contribution < -0.4 is 0 Å². The molecule has 0 bridgehead atoms. The molecular weight excluding hydrogens is 386 g/mol. The maximum absolute atomic E-state index is 11.5. The van der Waals surface area contributed by atoms with Gasteiger partial charge in [0.05, 0.1) is 4.92 Å². The van der Waals surface area contributed by atoms with Crippen LogP contribution in [0.3, 0.4) is 0 Å². The molecule has 5 nitrogen and oxygen atoms in total. The number of nitrogens with zero attached hydrogens (tertiary/aromatic N) is 3. The van der Waals surface area contributed by atoms with Gasteiger partial charge in [-0.2, -0.15) is 0 Å². The number of hydrogen-bond acceptors (Lipinski definition) is 4. The highest BCUT2D eigenvalue weighted by Gasteiger charge is 2.18. The Bertz CT molecular complexity index is 1230. The largest absolute Gasteiger partial charge is 0.308 e. The highest BCUT2D eigenvalue weighted by Crippen LogP contribution is 2.24. The molecular formula is C26H23N3O2. The normalized spacial score (nSPS) is 13.4. The summed E-state index contributed by atoms with van der Waals surface area (Å²) in [6, 6.07) is 13.0. The van der Waals surface area contributed by atoms with Crippen LogP contribution in [0.2, 0.25) is 0 Å². The molecule has 1 heterocycles. The van der Waals surface area contributed by atoms with Crippen molar-refractivity contribution in [2.75, 3.05) is 0 Å². The van der Waals surface area contributed by atoms with E-state index in [9.17, 15) is 10.1 Å². The molecule has 5 heteroatoms. The molecule has 0 radical (unpaired) electrons. The van der Waals surface area contributed by atoms with Crippen LogP contribution in [-0.2, 0) is 38.5 Å². The van der Waals surface area contributed by atoms with Crippen LogP contribution in [0.5, 0.6) is 0 Å². The number of fused-ring (bicyclic) bond motifs is 2. The fourth-order valence-corrected chi connectivity index (χ4v) is 4.34. The van der Waals surface area contributed by atoms with Crippen molar-refractivity contribution in [2.45, 2.75) is 38.5 Å². The number of aryl methyl sites for hydroxylation is 4. The minimum absolute atomic E-state index is 0.00692. The SMILES string of the molecule is O=[N+]([O-])c1cnc(CCc2ccc3c(c2)C=CC3)nc1CCc1ccc2c(c1)C=CC2. The summed E-state index contributed by atoms with van der Waals surface area (Å²) in [5.41, 5.74) is 8.16. The minimum atomic E-state index is -0.378. The fourth-order valence-electron chi connectivity index (χ4n) is 4.34. The van der Waals surface area contributed by atoms with Crippen molar-refractivity contribution in [2.24, 2.45) is 0 Å². The first-order valence-corrected chi connectivity index (χ1v) is 10.7. The molecule has 3 aromatic rings. The lowest BCUT2D eigenvalue weighted by Gasteiger charge is -2.08. The predicted octanol–water partition coefficient (Wildman–Crippen LogP) is 5.09. The van der Waals surface area contributed by atoms with Gasteiger partial charge in [0.25, 0.3) is 0 Å². The lowest BCUT2D eigenvalue weighted by molar-refractivity contribution is -0.386. The summed E-state index contributed by atoms with van der Waals surface area (Å²) < 4.78 is 0. The van der Waals surface area contributed by atoms with Gasteiger partial charge in [0, 0.05) is 12.8 Å². The average Bonchev–Trinajstić information content (AvgIpc) is 3.44. The van der Waals surface area contributed by atoms with Gasteiger partial charge in [0.1, 0.15) is 17.7 Å². The van der Waals surface area contributed by atoms with E-state index in [-0.39, 0.29) is 10.6 Å². The quantitative estimate of drug-likeness (QED) is 0.402. The molecule has 5 rings (SSSR count). The van der Waals surface area contributed by atoms with E-state index in [0.29, 0.717) is 24.4 Å². The standard InChI is InChI=1S/C26H23N3O2/c30-29(31)25-17-27-26(14-10-19-8-12-21-4-2-6-23(21)16-19)28-24(25)13-9-18-7-11-20-3-1-5-22(20)15-18/h1-2,5-8,11-12,15-17H,3-4,9-10,13-14H2. The van der Waals surface area contributed by atoms with Crippen molar-refractivity contribution in [1.29, 1.82) is 0 Å². The van der Waals surface area contributed by atoms with E-state index in [1.54, 1.807) is 0 Å². The van der Waals surface area contributed by atoms with Crippen molar-refractivity contribution in [1.82, 2.24) is 9.97 Å². The second-order valence-corrected chi connectivity index (χ2v) is 8.15. The third-order valence-corrected chi connectivity index (χ3v) is 6.07. The molecule has 0 amide bonds. The van der Waals surface area contributed by atoms with E-state index in [1.807, 2.05) is 0 Å². The summed E-state index contributed by atoms with van der Waals surface area (Å²) in [6.45, 7) is 0. The molecule has 0 saturated carbocycles. The average molecular weight is 409 g/mol. The highest BCUT2D eigenvalue weighted by molar-refractivity contribution is 5.61. The molecule has 2 aliphatic rings. The summed E-state index contributed by atoms with van der Waals surface area (Å²) in [6.07, 6.45) is 14.7. The maximum atomic E-state index is 11.5. The van der Waals surface area contributed by atoms with Crippen LogP contribution in [0.25, 0.3) is 12.2 Å². The molecule has 1 aromatic heterocycles. The molecule has 31 heavy (non-hydrogen) atoms. The van der Waals surface area contributed by atoms with E-state index < -0.39 is 0 Å². The Morgan fingerprint density at radius 3 is 2.06 bits per heavy atom. The number of nitro groups is 1. The second kappa shape index (κ2) is 8.26. The summed E-state index contributed by atoms with van der Waals surface area (Å²) in [5, 5.41) is 11.5. The van der Waals surface area contributed by atoms with Gasteiger partial charge >= 0.3 is 5.69 Å². The molecule has 0 unspecified atom stereocenters. The number of hydrogen-bond donors (Lipinski definition) is 0. The Balaban J connectivity index is 1.30. The summed E-state index contributed by atoms with van der Waals surface area (Å²) >= 11 is 0. The summed E-state index contributed by atoms with van der Waals surface area (Å²) in [7, 11) is 0. The van der Waals surface area contributed by atoms with Crippen LogP contribution in [0.1, 0.15) is 44.9 Å². The zero-order valence-electron chi connectivity index (χ0n) is 17.3. The topological polar surface area (TPSA) is 68.9 Å². The first-order chi connectivity index (χ1) is 15.2. The van der Waals surface area contributed by atoms with Gasteiger partial charge in [0.15, 0.2) is 0 Å². The molecule has 0 saturated heterocycles. The van der Waals surface area contributed by atoms with Gasteiger partial charge in [-0.3, -0.25) is 10.1 Å². The Labute approximate surface area is 181 Å². The lowest BCUT2D eigenvalue weighted by Crippen LogP contribution is -2.07. The zero-order valence-corrected chi connectivity index (χ0v) is 17.3. The molecule has 0 aliphatic heterocycles. The molecule has 0 fully saturated rings. The van der Waals surface area contributed by atoms with Crippen molar-refractivity contribution in [3.63, 3.8) is 0 Å². The van der Waals surface area contributed by atoms with Crippen molar-refractivity contribution in [3.8, 4) is 0 Å². The number of rotatable bonds is 7. The molecule has 0 atom stereocenters. The van der Waals surface area contributed by atoms with Gasteiger partial charge in [-0.15, -0.1) is 0 Å². The number of aromatic nitrogens is 2. The molecule has 0 spiro atoms. The fraction of sp³-hybridized carbons (Fsp3) is 0.231. The predicted molar refractivity (Wildman–Crippen MR) is 122 cm³/mol. The highest BCUT2D eigenvalue weighted by atomic mass is 16.6. The smallest absolute Gasteiger partial charge is 0.258 e. The number of benzene rings is 2. The van der Waals surface area contributed by atoms with Gasteiger partial charge in [-0.05, 0) is 59.1 Å². The Morgan fingerprint density at radius 2 is 1.45 bits per heavy atom. The van der Waals surface area contributed by atoms with E-state index >= 15 is 0 Å². The Kier molecular flexibility index (Phi) is 5.16. The minimum Gasteiger partial charge on any atom is -0.258 e. The zero-order chi connectivity index (χ0) is 21.2. The van der Waals surface area contributed by atoms with Crippen LogP contribution in [-0.4, -0.2) is 14.9 Å². The summed E-state index contributed by atoms with van der Waals surface area (Å²) in [5.74, 6) is 0.661. The van der Waals surface area contributed by atoms with Gasteiger partial charge in [-0.1, -0.05) is 60.7 Å². The third-order valence-electron chi connectivity index (χ3n) is 6.07. The Morgan fingerprint density at radius 1 is 0.839 bits per heavy atom.